The van der Waals surface area contributed by atoms with Crippen LogP contribution in [0.2, 0.25) is 0 Å². The van der Waals surface area contributed by atoms with Crippen LogP contribution >= 0.6 is 0 Å². The molecule has 1 atom stereocenters. The largest absolute Gasteiger partial charge is 0.353 e. The van der Waals surface area contributed by atoms with Crippen LogP contribution in [-0.2, 0) is 16.1 Å². The topological polar surface area (TPSA) is 65.5 Å². The Morgan fingerprint density at radius 2 is 2.18 bits per heavy atom. The van der Waals surface area contributed by atoms with Crippen LogP contribution in [0.1, 0.15) is 32.3 Å². The van der Waals surface area contributed by atoms with Gasteiger partial charge in [-0.1, -0.05) is 32.0 Å². The number of hydrogen-bond donors (Lipinski definition) is 1. The van der Waals surface area contributed by atoms with Gasteiger partial charge in [-0.3, -0.25) is 19.5 Å². The Labute approximate surface area is 166 Å². The van der Waals surface area contributed by atoms with E-state index >= 15 is 0 Å². The fourth-order valence-electron chi connectivity index (χ4n) is 3.67. The molecule has 0 unspecified atom stereocenters. The highest BCUT2D eigenvalue weighted by molar-refractivity contribution is 5.89. The van der Waals surface area contributed by atoms with Gasteiger partial charge < -0.3 is 10.2 Å². The Kier molecular flexibility index (Phi) is 6.62. The van der Waals surface area contributed by atoms with E-state index in [1.54, 1.807) is 11.1 Å². The van der Waals surface area contributed by atoms with Gasteiger partial charge in [0.25, 0.3) is 0 Å². The number of nitrogens with zero attached hydrogens (tertiary/aromatic N) is 3. The van der Waals surface area contributed by atoms with Gasteiger partial charge in [-0.25, -0.2) is 0 Å². The van der Waals surface area contributed by atoms with Crippen molar-refractivity contribution in [2.45, 2.75) is 39.3 Å². The van der Waals surface area contributed by atoms with Crippen molar-refractivity contribution in [3.05, 3.63) is 42.2 Å². The smallest absolute Gasteiger partial charge is 0.237 e. The molecule has 1 saturated heterocycles. The number of piperazine rings is 1. The molecule has 6 heteroatoms. The number of amides is 2. The first-order chi connectivity index (χ1) is 13.5. The molecule has 6 nitrogen and oxygen atoms in total. The van der Waals surface area contributed by atoms with Crippen molar-refractivity contribution in [1.29, 1.82) is 0 Å². The summed E-state index contributed by atoms with van der Waals surface area (Å²) in [4.78, 5) is 33.3. The lowest BCUT2D eigenvalue weighted by molar-refractivity contribution is -0.138. The van der Waals surface area contributed by atoms with Crippen molar-refractivity contribution < 1.29 is 9.59 Å². The zero-order chi connectivity index (χ0) is 20.1. The number of carbonyl (C=O) groups excluding carboxylic acids is 2. The first-order valence-corrected chi connectivity index (χ1v) is 10.0. The fourth-order valence-corrected chi connectivity index (χ4v) is 3.67. The predicted octanol–water partition coefficient (Wildman–Crippen LogP) is 2.43. The molecule has 0 bridgehead atoms. The van der Waals surface area contributed by atoms with E-state index in [4.69, 9.17) is 0 Å². The average Bonchev–Trinajstić information content (AvgIpc) is 2.68. The Hall–Kier alpha value is -2.47. The summed E-state index contributed by atoms with van der Waals surface area (Å²) in [6.45, 7) is 7.18. The van der Waals surface area contributed by atoms with Gasteiger partial charge in [-0.2, -0.15) is 0 Å². The van der Waals surface area contributed by atoms with Crippen molar-refractivity contribution in [1.82, 2.24) is 20.1 Å². The van der Waals surface area contributed by atoms with Crippen molar-refractivity contribution in [3.8, 4) is 0 Å². The number of rotatable bonds is 7. The van der Waals surface area contributed by atoms with Crippen LogP contribution in [0.5, 0.6) is 0 Å². The normalized spacial score (nSPS) is 17.7. The predicted molar refractivity (Wildman–Crippen MR) is 111 cm³/mol. The summed E-state index contributed by atoms with van der Waals surface area (Å²) in [6.07, 6.45) is 4.84. The van der Waals surface area contributed by atoms with E-state index in [-0.39, 0.29) is 24.3 Å². The molecular formula is C22H30N4O2. The second-order valence-electron chi connectivity index (χ2n) is 7.99. The number of pyridine rings is 1. The maximum atomic E-state index is 12.9. The molecule has 1 aliphatic heterocycles. The summed E-state index contributed by atoms with van der Waals surface area (Å²) in [6, 6.07) is 7.64. The van der Waals surface area contributed by atoms with E-state index in [1.807, 2.05) is 37.5 Å². The van der Waals surface area contributed by atoms with E-state index in [9.17, 15) is 9.59 Å². The van der Waals surface area contributed by atoms with Crippen LogP contribution in [0, 0.1) is 5.92 Å². The van der Waals surface area contributed by atoms with Crippen LogP contribution in [0.25, 0.3) is 10.8 Å². The van der Waals surface area contributed by atoms with Crippen molar-refractivity contribution >= 4 is 22.6 Å². The van der Waals surface area contributed by atoms with Crippen LogP contribution in [0.15, 0.2) is 36.7 Å². The van der Waals surface area contributed by atoms with Gasteiger partial charge in [0.15, 0.2) is 0 Å². The Morgan fingerprint density at radius 1 is 1.36 bits per heavy atom. The highest BCUT2D eigenvalue weighted by Crippen LogP contribution is 2.20. The number of benzene rings is 1. The molecule has 2 amide bonds. The molecule has 1 aliphatic rings. The van der Waals surface area contributed by atoms with Gasteiger partial charge in [0.1, 0.15) is 0 Å². The van der Waals surface area contributed by atoms with Gasteiger partial charge >= 0.3 is 0 Å². The average molecular weight is 383 g/mol. The maximum Gasteiger partial charge on any atom is 0.237 e. The summed E-state index contributed by atoms with van der Waals surface area (Å²) in [5.41, 5.74) is 1.08. The minimum atomic E-state index is -0.376. The lowest BCUT2D eigenvalue weighted by Crippen LogP contribution is -2.56. The third-order valence-corrected chi connectivity index (χ3v) is 5.41. The molecule has 0 radical (unpaired) electrons. The van der Waals surface area contributed by atoms with Gasteiger partial charge in [-0.15, -0.1) is 0 Å². The van der Waals surface area contributed by atoms with E-state index < -0.39 is 0 Å². The summed E-state index contributed by atoms with van der Waals surface area (Å²) in [7, 11) is 1.81. The molecule has 2 aromatic rings. The van der Waals surface area contributed by atoms with Gasteiger partial charge in [-0.05, 0) is 35.9 Å². The van der Waals surface area contributed by atoms with Gasteiger partial charge in [0, 0.05) is 44.5 Å². The molecule has 1 fully saturated rings. The van der Waals surface area contributed by atoms with E-state index in [1.165, 1.54) is 0 Å². The number of aromatic nitrogens is 1. The van der Waals surface area contributed by atoms with E-state index in [0.29, 0.717) is 19.0 Å². The van der Waals surface area contributed by atoms with Crippen molar-refractivity contribution in [2.75, 3.05) is 26.7 Å². The summed E-state index contributed by atoms with van der Waals surface area (Å²) in [5.74, 6) is 0.528. The third kappa shape index (κ3) is 4.87. The zero-order valence-corrected chi connectivity index (χ0v) is 17.0. The number of nitrogens with one attached hydrogen (secondary N) is 1. The first-order valence-electron chi connectivity index (χ1n) is 10.0. The van der Waals surface area contributed by atoms with E-state index in [0.717, 1.165) is 35.8 Å². The molecular weight excluding hydrogens is 352 g/mol. The lowest BCUT2D eigenvalue weighted by atomic mass is 10.0. The first kappa shape index (κ1) is 20.3. The van der Waals surface area contributed by atoms with Crippen LogP contribution in [0.4, 0.5) is 0 Å². The van der Waals surface area contributed by atoms with Gasteiger partial charge in [0.2, 0.25) is 11.8 Å². The number of hydrogen-bond acceptors (Lipinski definition) is 4. The fraction of sp³-hybridized carbons (Fsp3) is 0.500. The molecule has 0 aliphatic carbocycles. The molecule has 1 aromatic heterocycles. The molecule has 0 spiro atoms. The van der Waals surface area contributed by atoms with Crippen molar-refractivity contribution in [2.24, 2.45) is 5.92 Å². The second-order valence-corrected chi connectivity index (χ2v) is 7.99. The molecule has 1 N–H and O–H groups in total. The standard InChI is InChI=1S/C22H30N4O2/c1-16(2)8-11-26-12-10-24-22(28)20(26)13-21(27)25(3)15-18-6-4-5-17-14-23-9-7-19(17)18/h4-7,9,14,16,20H,8,10-13,15H2,1-3H3,(H,24,28)/t20-/m1/s1. The highest BCUT2D eigenvalue weighted by Gasteiger charge is 2.32. The minimum Gasteiger partial charge on any atom is -0.353 e. The lowest BCUT2D eigenvalue weighted by Gasteiger charge is -2.35. The molecule has 1 aromatic carbocycles. The summed E-state index contributed by atoms with van der Waals surface area (Å²) >= 11 is 0. The monoisotopic (exact) mass is 382 g/mol. The highest BCUT2D eigenvalue weighted by atomic mass is 16.2. The zero-order valence-electron chi connectivity index (χ0n) is 17.0. The molecule has 0 saturated carbocycles. The second kappa shape index (κ2) is 9.15. The number of fused-ring (bicyclic) bond motifs is 1. The van der Waals surface area contributed by atoms with Crippen LogP contribution in [-0.4, -0.2) is 59.3 Å². The summed E-state index contributed by atoms with van der Waals surface area (Å²) < 4.78 is 0. The number of carbonyl (C=O) groups is 2. The molecule has 150 valence electrons. The van der Waals surface area contributed by atoms with Crippen LogP contribution in [0.3, 0.4) is 0 Å². The molecule has 3 rings (SSSR count). The SMILES string of the molecule is CC(C)CCN1CCNC(=O)[C@H]1CC(=O)N(C)Cc1cccc2cnccc12. The Balaban J connectivity index is 1.67. The quantitative estimate of drug-likeness (QED) is 0.799. The Bertz CT molecular complexity index is 831. The van der Waals surface area contributed by atoms with E-state index in [2.05, 4.69) is 29.0 Å². The maximum absolute atomic E-state index is 12.9. The van der Waals surface area contributed by atoms with Crippen molar-refractivity contribution in [3.63, 3.8) is 0 Å². The van der Waals surface area contributed by atoms with Gasteiger partial charge in [0.05, 0.1) is 12.5 Å². The molecule has 2 heterocycles. The Morgan fingerprint density at radius 3 is 2.96 bits per heavy atom. The molecule has 28 heavy (non-hydrogen) atoms. The third-order valence-electron chi connectivity index (χ3n) is 5.41. The minimum absolute atomic E-state index is 0.0114. The van der Waals surface area contributed by atoms with Crippen LogP contribution < -0.4 is 5.32 Å². The summed E-state index contributed by atoms with van der Waals surface area (Å²) in [5, 5.41) is 5.07.